The predicted octanol–water partition coefficient (Wildman–Crippen LogP) is 12.2. The van der Waals surface area contributed by atoms with Gasteiger partial charge in [0.2, 0.25) is 0 Å². The molecule has 0 radical (unpaired) electrons. The number of rotatable bonds is 7. The molecule has 2 aromatic heterocycles. The first kappa shape index (κ1) is 29.3. The Kier molecular flexibility index (Phi) is 7.68. The summed E-state index contributed by atoms with van der Waals surface area (Å²) in [4.78, 5) is 0. The minimum Gasteiger partial charge on any atom is -0.315 e. The Labute approximate surface area is 282 Å². The molecule has 2 nitrogen and oxygen atoms in total. The van der Waals surface area contributed by atoms with E-state index in [4.69, 9.17) is 0 Å². The molecule has 0 unspecified atom stereocenters. The number of aromatic nitrogens is 2. The van der Waals surface area contributed by atoms with Gasteiger partial charge in [-0.25, -0.2) is 0 Å². The van der Waals surface area contributed by atoms with Crippen molar-refractivity contribution in [1.82, 2.24) is 9.13 Å². The summed E-state index contributed by atoms with van der Waals surface area (Å²) >= 11 is 0. The van der Waals surface area contributed by atoms with Gasteiger partial charge in [0.05, 0.1) is 11.4 Å². The molecule has 0 fully saturated rings. The summed E-state index contributed by atoms with van der Waals surface area (Å²) in [6.07, 6.45) is 4.57. The summed E-state index contributed by atoms with van der Waals surface area (Å²) in [5.41, 5.74) is 16.8. The van der Waals surface area contributed by atoms with Crippen LogP contribution in [0.2, 0.25) is 0 Å². The second-order valence-electron chi connectivity index (χ2n) is 12.4. The topological polar surface area (TPSA) is 9.86 Å². The predicted molar refractivity (Wildman–Crippen MR) is 202 cm³/mol. The molecule has 0 amide bonds. The molecule has 0 saturated heterocycles. The fraction of sp³-hybridized carbons (Fsp3) is 0.0435. The minimum absolute atomic E-state index is 1.12. The van der Waals surface area contributed by atoms with Crippen LogP contribution in [0.25, 0.3) is 67.3 Å². The maximum Gasteiger partial charge on any atom is 0.0703 e. The maximum atomic E-state index is 2.35. The molecular weight excluding hydrogens is 581 g/mol. The second kappa shape index (κ2) is 12.6. The van der Waals surface area contributed by atoms with Gasteiger partial charge in [0.15, 0.2) is 0 Å². The van der Waals surface area contributed by atoms with E-state index >= 15 is 0 Å². The molecule has 0 bridgehead atoms. The standard InChI is InChI=1S/C46H36N2/c1-33-14-12-13-21-43(33)40-30-46(48(32-40)41-19-10-5-11-20-41)45-29-39(38-24-27-44(34(2)28-38)37-17-8-4-9-18-37)31-47(45)42-25-22-36(23-26-42)35-15-6-3-7-16-35/h3-32H,1-2H3. The van der Waals surface area contributed by atoms with Crippen molar-refractivity contribution in [2.75, 3.05) is 0 Å². The molecule has 230 valence electrons. The van der Waals surface area contributed by atoms with Gasteiger partial charge in [-0.15, -0.1) is 0 Å². The van der Waals surface area contributed by atoms with E-state index in [0.29, 0.717) is 0 Å². The third kappa shape index (κ3) is 5.59. The van der Waals surface area contributed by atoms with Crippen LogP contribution in [0.4, 0.5) is 0 Å². The second-order valence-corrected chi connectivity index (χ2v) is 12.4. The van der Waals surface area contributed by atoms with Gasteiger partial charge in [-0.05, 0) is 94.8 Å². The fourth-order valence-electron chi connectivity index (χ4n) is 6.77. The summed E-state index contributed by atoms with van der Waals surface area (Å²) in [5, 5.41) is 0. The van der Waals surface area contributed by atoms with E-state index in [0.717, 1.165) is 22.8 Å². The summed E-state index contributed by atoms with van der Waals surface area (Å²) in [6.45, 7) is 4.40. The molecule has 2 heterocycles. The van der Waals surface area contributed by atoms with Crippen LogP contribution in [0, 0.1) is 13.8 Å². The van der Waals surface area contributed by atoms with Gasteiger partial charge in [-0.1, -0.05) is 133 Å². The molecule has 0 spiro atoms. The van der Waals surface area contributed by atoms with Crippen LogP contribution in [0.15, 0.2) is 182 Å². The van der Waals surface area contributed by atoms with E-state index in [1.807, 2.05) is 0 Å². The smallest absolute Gasteiger partial charge is 0.0703 e. The average molecular weight is 617 g/mol. The molecule has 0 saturated carbocycles. The van der Waals surface area contributed by atoms with E-state index in [1.54, 1.807) is 0 Å². The lowest BCUT2D eigenvalue weighted by Gasteiger charge is -2.13. The lowest BCUT2D eigenvalue weighted by atomic mass is 9.96. The molecule has 8 aromatic rings. The lowest BCUT2D eigenvalue weighted by molar-refractivity contribution is 1.03. The molecule has 6 aromatic carbocycles. The highest BCUT2D eigenvalue weighted by molar-refractivity contribution is 5.81. The average Bonchev–Trinajstić information content (AvgIpc) is 3.79. The van der Waals surface area contributed by atoms with Crippen LogP contribution in [-0.4, -0.2) is 9.13 Å². The van der Waals surface area contributed by atoms with Crippen LogP contribution in [0.5, 0.6) is 0 Å². The van der Waals surface area contributed by atoms with Gasteiger partial charge in [0, 0.05) is 34.9 Å². The van der Waals surface area contributed by atoms with Crippen LogP contribution >= 0.6 is 0 Å². The zero-order valence-corrected chi connectivity index (χ0v) is 27.2. The Bertz CT molecular complexity index is 2320. The highest BCUT2D eigenvalue weighted by atomic mass is 15.0. The first-order chi connectivity index (χ1) is 23.6. The molecule has 48 heavy (non-hydrogen) atoms. The van der Waals surface area contributed by atoms with Gasteiger partial charge >= 0.3 is 0 Å². The Morgan fingerprint density at radius 2 is 0.792 bits per heavy atom. The van der Waals surface area contributed by atoms with Gasteiger partial charge in [0.25, 0.3) is 0 Å². The molecule has 0 aliphatic rings. The van der Waals surface area contributed by atoms with Gasteiger partial charge in [0.1, 0.15) is 0 Å². The SMILES string of the molecule is Cc1ccccc1-c1cc(-c2cc(-c3ccc(-c4ccccc4)c(C)c3)cn2-c2ccc(-c3ccccc3)cc2)n(-c2ccccc2)c1. The van der Waals surface area contributed by atoms with Crippen LogP contribution in [-0.2, 0) is 0 Å². The van der Waals surface area contributed by atoms with Crippen molar-refractivity contribution in [3.05, 3.63) is 193 Å². The van der Waals surface area contributed by atoms with Crippen LogP contribution in [0.1, 0.15) is 11.1 Å². The van der Waals surface area contributed by atoms with Gasteiger partial charge in [-0.3, -0.25) is 0 Å². The lowest BCUT2D eigenvalue weighted by Crippen LogP contribution is -2.00. The summed E-state index contributed by atoms with van der Waals surface area (Å²) < 4.78 is 4.68. The molecule has 2 heteroatoms. The number of para-hydroxylation sites is 1. The van der Waals surface area contributed by atoms with Crippen molar-refractivity contribution in [3.63, 3.8) is 0 Å². The Morgan fingerprint density at radius 1 is 0.312 bits per heavy atom. The number of nitrogens with zero attached hydrogens (tertiary/aromatic N) is 2. The monoisotopic (exact) mass is 616 g/mol. The van der Waals surface area contributed by atoms with E-state index in [1.165, 1.54) is 55.6 Å². The molecule has 0 N–H and O–H groups in total. The quantitative estimate of drug-likeness (QED) is 0.169. The first-order valence-corrected chi connectivity index (χ1v) is 16.5. The molecule has 0 atom stereocenters. The number of benzene rings is 6. The minimum atomic E-state index is 1.12. The normalized spacial score (nSPS) is 11.1. The van der Waals surface area contributed by atoms with Crippen molar-refractivity contribution < 1.29 is 0 Å². The van der Waals surface area contributed by atoms with Crippen molar-refractivity contribution in [2.45, 2.75) is 13.8 Å². The van der Waals surface area contributed by atoms with Crippen molar-refractivity contribution >= 4 is 0 Å². The first-order valence-electron chi connectivity index (χ1n) is 16.5. The van der Waals surface area contributed by atoms with Crippen LogP contribution < -0.4 is 0 Å². The summed E-state index contributed by atoms with van der Waals surface area (Å²) in [7, 11) is 0. The number of aryl methyl sites for hydroxylation is 2. The van der Waals surface area contributed by atoms with Crippen molar-refractivity contribution in [2.24, 2.45) is 0 Å². The van der Waals surface area contributed by atoms with E-state index in [-0.39, 0.29) is 0 Å². The number of hydrogen-bond donors (Lipinski definition) is 0. The maximum absolute atomic E-state index is 2.35. The largest absolute Gasteiger partial charge is 0.315 e. The third-order valence-electron chi connectivity index (χ3n) is 9.29. The Hall–Kier alpha value is -6.12. The van der Waals surface area contributed by atoms with Crippen molar-refractivity contribution in [3.8, 4) is 67.3 Å². The Balaban J connectivity index is 1.31. The van der Waals surface area contributed by atoms with Gasteiger partial charge in [-0.2, -0.15) is 0 Å². The van der Waals surface area contributed by atoms with E-state index < -0.39 is 0 Å². The molecule has 0 aliphatic carbocycles. The summed E-state index contributed by atoms with van der Waals surface area (Å²) in [6, 6.07) is 60.9. The zero-order chi connectivity index (χ0) is 32.5. The van der Waals surface area contributed by atoms with E-state index in [9.17, 15) is 0 Å². The van der Waals surface area contributed by atoms with E-state index in [2.05, 4.69) is 205 Å². The summed E-state index contributed by atoms with van der Waals surface area (Å²) in [5.74, 6) is 0. The van der Waals surface area contributed by atoms with Crippen molar-refractivity contribution in [1.29, 1.82) is 0 Å². The number of hydrogen-bond acceptors (Lipinski definition) is 0. The molecule has 8 rings (SSSR count). The highest BCUT2D eigenvalue weighted by Gasteiger charge is 2.19. The molecular formula is C46H36N2. The third-order valence-corrected chi connectivity index (χ3v) is 9.29. The Morgan fingerprint density at radius 3 is 1.44 bits per heavy atom. The van der Waals surface area contributed by atoms with Gasteiger partial charge < -0.3 is 9.13 Å². The highest BCUT2D eigenvalue weighted by Crippen LogP contribution is 2.38. The zero-order valence-electron chi connectivity index (χ0n) is 27.2. The fourth-order valence-corrected chi connectivity index (χ4v) is 6.77. The van der Waals surface area contributed by atoms with Crippen LogP contribution in [0.3, 0.4) is 0 Å². The molecule has 0 aliphatic heterocycles.